The van der Waals surface area contributed by atoms with Crippen LogP contribution < -0.4 is 5.32 Å². The number of benzene rings is 2. The lowest BCUT2D eigenvalue weighted by molar-refractivity contribution is -0.121. The van der Waals surface area contributed by atoms with Crippen molar-refractivity contribution in [3.05, 3.63) is 58.3 Å². The van der Waals surface area contributed by atoms with E-state index in [0.717, 1.165) is 0 Å². The molecule has 1 amide bonds. The Labute approximate surface area is 179 Å². The summed E-state index contributed by atoms with van der Waals surface area (Å²) in [5.74, 6) is -0.869. The number of piperazine rings is 1. The molecule has 3 rings (SSSR count). The third-order valence-electron chi connectivity index (χ3n) is 4.84. The predicted octanol–water partition coefficient (Wildman–Crippen LogP) is 3.47. The SMILES string of the molecule is CC(C(=O)Nc1ccccc1F)N1CCN(S(=O)(=O)c2cc(Cl)ccc2Cl)CC1. The molecule has 1 heterocycles. The minimum Gasteiger partial charge on any atom is -0.322 e. The van der Waals surface area contributed by atoms with Crippen LogP contribution in [0.3, 0.4) is 0 Å². The molecule has 1 atom stereocenters. The first-order valence-corrected chi connectivity index (χ1v) is 11.1. The Bertz CT molecular complexity index is 1010. The maximum absolute atomic E-state index is 13.7. The van der Waals surface area contributed by atoms with Gasteiger partial charge in [-0.15, -0.1) is 0 Å². The van der Waals surface area contributed by atoms with Crippen molar-refractivity contribution in [1.82, 2.24) is 9.21 Å². The molecule has 6 nitrogen and oxygen atoms in total. The van der Waals surface area contributed by atoms with Crippen molar-refractivity contribution in [3.63, 3.8) is 0 Å². The fourth-order valence-corrected chi connectivity index (χ4v) is 5.27. The standard InChI is InChI=1S/C19H20Cl2FN3O3S/c1-13(19(26)23-17-5-3-2-4-16(17)22)24-8-10-25(11-9-24)29(27,28)18-12-14(20)6-7-15(18)21/h2-7,12-13H,8-11H2,1H3,(H,23,26). The average Bonchev–Trinajstić information content (AvgIpc) is 2.71. The van der Waals surface area contributed by atoms with Crippen molar-refractivity contribution < 1.29 is 17.6 Å². The smallest absolute Gasteiger partial charge is 0.244 e. The highest BCUT2D eigenvalue weighted by molar-refractivity contribution is 7.89. The van der Waals surface area contributed by atoms with E-state index in [2.05, 4.69) is 5.32 Å². The van der Waals surface area contributed by atoms with Gasteiger partial charge in [-0.2, -0.15) is 4.31 Å². The summed E-state index contributed by atoms with van der Waals surface area (Å²) in [5, 5.41) is 2.96. The Hall–Kier alpha value is -1.71. The Morgan fingerprint density at radius 2 is 1.76 bits per heavy atom. The second-order valence-electron chi connectivity index (χ2n) is 6.66. The van der Waals surface area contributed by atoms with Gasteiger partial charge < -0.3 is 5.32 Å². The molecule has 0 radical (unpaired) electrons. The molecule has 0 aliphatic carbocycles. The number of carbonyl (C=O) groups excluding carboxylic acids is 1. The summed E-state index contributed by atoms with van der Waals surface area (Å²) in [6.07, 6.45) is 0. The average molecular weight is 460 g/mol. The van der Waals surface area contributed by atoms with Crippen LogP contribution >= 0.6 is 23.2 Å². The molecule has 10 heteroatoms. The molecule has 1 aliphatic rings. The van der Waals surface area contributed by atoms with E-state index >= 15 is 0 Å². The Morgan fingerprint density at radius 3 is 2.41 bits per heavy atom. The zero-order valence-electron chi connectivity index (χ0n) is 15.6. The number of sulfonamides is 1. The summed E-state index contributed by atoms with van der Waals surface area (Å²) in [4.78, 5) is 14.3. The second-order valence-corrected chi connectivity index (χ2v) is 9.41. The summed E-state index contributed by atoms with van der Waals surface area (Å²) < 4.78 is 40.8. The van der Waals surface area contributed by atoms with E-state index in [-0.39, 0.29) is 39.6 Å². The lowest BCUT2D eigenvalue weighted by atomic mass is 10.2. The Kier molecular flexibility index (Phi) is 6.80. The van der Waals surface area contributed by atoms with Crippen molar-refractivity contribution in [2.45, 2.75) is 17.9 Å². The zero-order chi connectivity index (χ0) is 21.2. The summed E-state index contributed by atoms with van der Waals surface area (Å²) in [5.41, 5.74) is 0.112. The van der Waals surface area contributed by atoms with Crippen molar-refractivity contribution in [3.8, 4) is 0 Å². The fourth-order valence-electron chi connectivity index (χ4n) is 3.11. The minimum absolute atomic E-state index is 0.0366. The van der Waals surface area contributed by atoms with Crippen molar-refractivity contribution in [2.24, 2.45) is 0 Å². The molecule has 0 spiro atoms. The van der Waals surface area contributed by atoms with E-state index in [0.29, 0.717) is 13.1 Å². The molecule has 1 fully saturated rings. The van der Waals surface area contributed by atoms with Crippen molar-refractivity contribution in [2.75, 3.05) is 31.5 Å². The largest absolute Gasteiger partial charge is 0.322 e. The number of hydrogen-bond acceptors (Lipinski definition) is 4. The van der Waals surface area contributed by atoms with Crippen LogP contribution in [-0.2, 0) is 14.8 Å². The van der Waals surface area contributed by atoms with E-state index in [1.807, 2.05) is 4.90 Å². The zero-order valence-corrected chi connectivity index (χ0v) is 17.9. The number of anilines is 1. The monoisotopic (exact) mass is 459 g/mol. The number of amides is 1. The quantitative estimate of drug-likeness (QED) is 0.742. The van der Waals surface area contributed by atoms with Crippen LogP contribution in [0.1, 0.15) is 6.92 Å². The van der Waals surface area contributed by atoms with Gasteiger partial charge in [0.25, 0.3) is 0 Å². The van der Waals surface area contributed by atoms with Gasteiger partial charge in [0.15, 0.2) is 0 Å². The van der Waals surface area contributed by atoms with Gasteiger partial charge in [-0.25, -0.2) is 12.8 Å². The highest BCUT2D eigenvalue weighted by Crippen LogP contribution is 2.28. The van der Waals surface area contributed by atoms with Crippen LogP contribution in [-0.4, -0.2) is 55.8 Å². The lowest BCUT2D eigenvalue weighted by Crippen LogP contribution is -2.54. The van der Waals surface area contributed by atoms with E-state index in [4.69, 9.17) is 23.2 Å². The molecule has 0 aromatic heterocycles. The number of nitrogens with zero attached hydrogens (tertiary/aromatic N) is 2. The first kappa shape index (κ1) is 22.0. The molecule has 2 aromatic carbocycles. The number of para-hydroxylation sites is 1. The van der Waals surface area contributed by atoms with Gasteiger partial charge in [-0.3, -0.25) is 9.69 Å². The summed E-state index contributed by atoms with van der Waals surface area (Å²) in [6.45, 7) is 2.80. The normalized spacial score (nSPS) is 17.1. The topological polar surface area (TPSA) is 69.7 Å². The summed E-state index contributed by atoms with van der Waals surface area (Å²) in [6, 6.07) is 9.68. The van der Waals surface area contributed by atoms with E-state index in [1.165, 1.54) is 34.6 Å². The van der Waals surface area contributed by atoms with Crippen LogP contribution in [0, 0.1) is 5.82 Å². The van der Waals surface area contributed by atoms with Crippen molar-refractivity contribution in [1.29, 1.82) is 0 Å². The maximum atomic E-state index is 13.7. The minimum atomic E-state index is -3.80. The molecule has 0 saturated carbocycles. The number of halogens is 3. The van der Waals surface area contributed by atoms with Gasteiger partial charge in [-0.05, 0) is 37.3 Å². The van der Waals surface area contributed by atoms with Gasteiger partial charge in [0, 0.05) is 31.2 Å². The molecule has 1 unspecified atom stereocenters. The number of hydrogen-bond donors (Lipinski definition) is 1. The van der Waals surface area contributed by atoms with Crippen LogP contribution in [0.4, 0.5) is 10.1 Å². The molecule has 0 bridgehead atoms. The van der Waals surface area contributed by atoms with Crippen LogP contribution in [0.15, 0.2) is 47.4 Å². The third-order valence-corrected chi connectivity index (χ3v) is 7.46. The van der Waals surface area contributed by atoms with Crippen molar-refractivity contribution >= 4 is 44.8 Å². The highest BCUT2D eigenvalue weighted by Gasteiger charge is 2.33. The first-order valence-electron chi connectivity index (χ1n) is 8.95. The third kappa shape index (κ3) is 4.90. The second kappa shape index (κ2) is 8.97. The molecule has 1 aliphatic heterocycles. The Balaban J connectivity index is 1.64. The van der Waals surface area contributed by atoms with Gasteiger partial charge >= 0.3 is 0 Å². The first-order chi connectivity index (χ1) is 13.7. The van der Waals surface area contributed by atoms with Crippen LogP contribution in [0.25, 0.3) is 0 Å². The number of rotatable bonds is 5. The summed E-state index contributed by atoms with van der Waals surface area (Å²) >= 11 is 12.0. The fraction of sp³-hybridized carbons (Fsp3) is 0.316. The summed E-state index contributed by atoms with van der Waals surface area (Å²) in [7, 11) is -3.80. The molecular weight excluding hydrogens is 440 g/mol. The molecule has 2 aromatic rings. The van der Waals surface area contributed by atoms with Gasteiger partial charge in [0.1, 0.15) is 10.7 Å². The van der Waals surface area contributed by atoms with Gasteiger partial charge in [0.05, 0.1) is 16.8 Å². The molecule has 1 N–H and O–H groups in total. The lowest BCUT2D eigenvalue weighted by Gasteiger charge is -2.36. The molecule has 29 heavy (non-hydrogen) atoms. The van der Waals surface area contributed by atoms with Gasteiger partial charge in [0.2, 0.25) is 15.9 Å². The molecular formula is C19H20Cl2FN3O3S. The van der Waals surface area contributed by atoms with E-state index in [1.54, 1.807) is 19.1 Å². The van der Waals surface area contributed by atoms with Gasteiger partial charge in [-0.1, -0.05) is 35.3 Å². The highest BCUT2D eigenvalue weighted by atomic mass is 35.5. The van der Waals surface area contributed by atoms with Crippen LogP contribution in [0.2, 0.25) is 10.0 Å². The Morgan fingerprint density at radius 1 is 1.10 bits per heavy atom. The van der Waals surface area contributed by atoms with E-state index < -0.39 is 21.9 Å². The number of nitrogens with one attached hydrogen (secondary N) is 1. The van der Waals surface area contributed by atoms with E-state index in [9.17, 15) is 17.6 Å². The molecule has 156 valence electrons. The predicted molar refractivity (Wildman–Crippen MR) is 111 cm³/mol. The molecule has 1 saturated heterocycles. The van der Waals surface area contributed by atoms with Crippen LogP contribution in [0.5, 0.6) is 0 Å². The number of carbonyl (C=O) groups is 1. The maximum Gasteiger partial charge on any atom is 0.244 e.